The number of hydrogen-bond acceptors (Lipinski definition) is 4. The van der Waals surface area contributed by atoms with Crippen LogP contribution in [0.15, 0.2) is 4.90 Å². The summed E-state index contributed by atoms with van der Waals surface area (Å²) in [5.41, 5.74) is 1.15. The van der Waals surface area contributed by atoms with E-state index >= 15 is 0 Å². The van der Waals surface area contributed by atoms with Crippen LogP contribution in [-0.2, 0) is 17.1 Å². The van der Waals surface area contributed by atoms with Gasteiger partial charge in [-0.05, 0) is 34.1 Å². The van der Waals surface area contributed by atoms with Crippen LogP contribution in [0.25, 0.3) is 0 Å². The second kappa shape index (κ2) is 7.74. The van der Waals surface area contributed by atoms with Crippen molar-refractivity contribution in [3.05, 3.63) is 11.4 Å². The first-order valence-corrected chi connectivity index (χ1v) is 10.2. The summed E-state index contributed by atoms with van der Waals surface area (Å²) in [6.07, 6.45) is 0.630. The lowest BCUT2D eigenvalue weighted by Gasteiger charge is -2.28. The van der Waals surface area contributed by atoms with Crippen LogP contribution in [-0.4, -0.2) is 77.6 Å². The number of amides is 2. The summed E-state index contributed by atoms with van der Waals surface area (Å²) < 4.78 is 29.2. The summed E-state index contributed by atoms with van der Waals surface area (Å²) in [7, 11) is -1.86. The van der Waals surface area contributed by atoms with E-state index in [1.165, 1.54) is 4.31 Å². The number of nitrogens with zero attached hydrogens (tertiary/aromatic N) is 5. The molecule has 1 aliphatic rings. The van der Waals surface area contributed by atoms with Gasteiger partial charge in [-0.1, -0.05) is 0 Å². The van der Waals surface area contributed by atoms with Gasteiger partial charge in [-0.15, -0.1) is 0 Å². The molecule has 2 rings (SSSR count). The van der Waals surface area contributed by atoms with Gasteiger partial charge in [-0.2, -0.15) is 9.40 Å². The van der Waals surface area contributed by atoms with E-state index < -0.39 is 10.0 Å². The highest BCUT2D eigenvalue weighted by Gasteiger charge is 2.33. The maximum atomic E-state index is 13.1. The van der Waals surface area contributed by atoms with Crippen LogP contribution in [0.2, 0.25) is 0 Å². The third-order valence-corrected chi connectivity index (χ3v) is 6.95. The second-order valence-electron chi connectivity index (χ2n) is 6.32. The van der Waals surface area contributed by atoms with Crippen molar-refractivity contribution in [3.8, 4) is 0 Å². The Morgan fingerprint density at radius 1 is 1.12 bits per heavy atom. The molecule has 1 aromatic heterocycles. The Balaban J connectivity index is 2.19. The maximum absolute atomic E-state index is 13.1. The summed E-state index contributed by atoms with van der Waals surface area (Å²) in [6.45, 7) is 10.4. The molecule has 0 aliphatic carbocycles. The smallest absolute Gasteiger partial charge is 0.320 e. The Morgan fingerprint density at radius 3 is 2.28 bits per heavy atom. The number of hydrogen-bond donors (Lipinski definition) is 0. The molecule has 2 heterocycles. The van der Waals surface area contributed by atoms with E-state index in [1.807, 2.05) is 13.8 Å². The van der Waals surface area contributed by atoms with E-state index in [0.717, 1.165) is 0 Å². The summed E-state index contributed by atoms with van der Waals surface area (Å²) in [5, 5.41) is 4.22. The Hall–Kier alpha value is -1.61. The average Bonchev–Trinajstić information content (AvgIpc) is 2.74. The Labute approximate surface area is 150 Å². The van der Waals surface area contributed by atoms with Crippen molar-refractivity contribution in [1.29, 1.82) is 0 Å². The first-order valence-electron chi connectivity index (χ1n) is 8.78. The molecule has 1 saturated heterocycles. The van der Waals surface area contributed by atoms with Gasteiger partial charge < -0.3 is 9.80 Å². The molecule has 0 bridgehead atoms. The summed E-state index contributed by atoms with van der Waals surface area (Å²) in [4.78, 5) is 16.3. The first-order chi connectivity index (χ1) is 11.7. The van der Waals surface area contributed by atoms with Gasteiger partial charge in [0.25, 0.3) is 0 Å². The van der Waals surface area contributed by atoms with Crippen molar-refractivity contribution in [3.63, 3.8) is 0 Å². The lowest BCUT2D eigenvalue weighted by Crippen LogP contribution is -2.45. The molecule has 2 amide bonds. The molecule has 142 valence electrons. The predicted octanol–water partition coefficient (Wildman–Crippen LogP) is 1.20. The topological polar surface area (TPSA) is 78.8 Å². The highest BCUT2D eigenvalue weighted by molar-refractivity contribution is 7.89. The van der Waals surface area contributed by atoms with Gasteiger partial charge in [-0.25, -0.2) is 13.2 Å². The summed E-state index contributed by atoms with van der Waals surface area (Å²) >= 11 is 0. The molecule has 0 saturated carbocycles. The van der Waals surface area contributed by atoms with E-state index in [2.05, 4.69) is 5.10 Å². The molecule has 0 atom stereocenters. The molecule has 1 fully saturated rings. The molecule has 1 aliphatic heterocycles. The number of sulfonamides is 1. The normalized spacial score (nSPS) is 16.8. The van der Waals surface area contributed by atoms with E-state index in [9.17, 15) is 13.2 Å². The SMILES string of the molecule is CCN(CC)C(=O)N1CCCN(S(=O)(=O)c2c(C)nn(C)c2C)CC1. The van der Waals surface area contributed by atoms with E-state index in [4.69, 9.17) is 0 Å². The van der Waals surface area contributed by atoms with Gasteiger partial charge >= 0.3 is 6.03 Å². The maximum Gasteiger partial charge on any atom is 0.320 e. The Kier molecular flexibility index (Phi) is 6.10. The van der Waals surface area contributed by atoms with Gasteiger partial charge in [0.15, 0.2) is 0 Å². The Morgan fingerprint density at radius 2 is 1.76 bits per heavy atom. The fraction of sp³-hybridized carbons (Fsp3) is 0.750. The van der Waals surface area contributed by atoms with Crippen LogP contribution in [0.1, 0.15) is 31.7 Å². The molecule has 0 radical (unpaired) electrons. The summed E-state index contributed by atoms with van der Waals surface area (Å²) in [6, 6.07) is -0.0158. The van der Waals surface area contributed by atoms with Crippen LogP contribution in [0.3, 0.4) is 0 Å². The number of aromatic nitrogens is 2. The zero-order chi connectivity index (χ0) is 18.8. The third kappa shape index (κ3) is 3.82. The number of carbonyl (C=O) groups is 1. The summed E-state index contributed by atoms with van der Waals surface area (Å²) in [5.74, 6) is 0. The molecule has 0 spiro atoms. The van der Waals surface area contributed by atoms with Crippen molar-refractivity contribution in [2.75, 3.05) is 39.3 Å². The third-order valence-electron chi connectivity index (χ3n) is 4.80. The minimum atomic E-state index is -3.61. The molecular formula is C16H29N5O3S. The van der Waals surface area contributed by atoms with Crippen molar-refractivity contribution < 1.29 is 13.2 Å². The minimum Gasteiger partial charge on any atom is -0.325 e. The van der Waals surface area contributed by atoms with Gasteiger partial charge in [0.1, 0.15) is 4.90 Å². The van der Waals surface area contributed by atoms with E-state index in [0.29, 0.717) is 62.0 Å². The molecule has 0 unspecified atom stereocenters. The highest BCUT2D eigenvalue weighted by atomic mass is 32.2. The largest absolute Gasteiger partial charge is 0.325 e. The van der Waals surface area contributed by atoms with Crippen LogP contribution in [0.5, 0.6) is 0 Å². The number of aryl methyl sites for hydroxylation is 2. The van der Waals surface area contributed by atoms with Gasteiger partial charge in [0, 0.05) is 46.3 Å². The monoisotopic (exact) mass is 371 g/mol. The standard InChI is InChI=1S/C16H29N5O3S/c1-6-19(7-2)16(22)20-9-8-10-21(12-11-20)25(23,24)15-13(3)17-18(5)14(15)4/h6-12H2,1-5H3. The van der Waals surface area contributed by atoms with Gasteiger partial charge in [0.05, 0.1) is 11.4 Å². The average molecular weight is 372 g/mol. The van der Waals surface area contributed by atoms with Crippen LogP contribution in [0, 0.1) is 13.8 Å². The van der Waals surface area contributed by atoms with Crippen molar-refractivity contribution in [2.45, 2.75) is 39.0 Å². The fourth-order valence-electron chi connectivity index (χ4n) is 3.28. The minimum absolute atomic E-state index is 0.0158. The zero-order valence-corrected chi connectivity index (χ0v) is 16.6. The van der Waals surface area contributed by atoms with Crippen LogP contribution in [0.4, 0.5) is 4.79 Å². The molecule has 25 heavy (non-hydrogen) atoms. The van der Waals surface area contributed by atoms with Crippen molar-refractivity contribution in [1.82, 2.24) is 23.9 Å². The Bertz CT molecular complexity index is 724. The van der Waals surface area contributed by atoms with Crippen molar-refractivity contribution >= 4 is 16.1 Å². The van der Waals surface area contributed by atoms with Gasteiger partial charge in [-0.3, -0.25) is 4.68 Å². The number of carbonyl (C=O) groups excluding carboxylic acids is 1. The first kappa shape index (κ1) is 19.7. The highest BCUT2D eigenvalue weighted by Crippen LogP contribution is 2.24. The molecular weight excluding hydrogens is 342 g/mol. The van der Waals surface area contributed by atoms with E-state index in [-0.39, 0.29) is 6.03 Å². The molecule has 1 aromatic rings. The van der Waals surface area contributed by atoms with Crippen molar-refractivity contribution in [2.24, 2.45) is 7.05 Å². The lowest BCUT2D eigenvalue weighted by atomic mass is 10.4. The second-order valence-corrected chi connectivity index (χ2v) is 8.20. The van der Waals surface area contributed by atoms with E-state index in [1.54, 1.807) is 35.4 Å². The lowest BCUT2D eigenvalue weighted by molar-refractivity contribution is 0.159. The number of urea groups is 1. The number of rotatable bonds is 4. The predicted molar refractivity (Wildman–Crippen MR) is 95.9 cm³/mol. The molecule has 9 heteroatoms. The molecule has 8 nitrogen and oxygen atoms in total. The molecule has 0 N–H and O–H groups in total. The quantitative estimate of drug-likeness (QED) is 0.797. The van der Waals surface area contributed by atoms with Crippen LogP contribution >= 0.6 is 0 Å². The molecule has 0 aromatic carbocycles. The van der Waals surface area contributed by atoms with Crippen LogP contribution < -0.4 is 0 Å². The fourth-order valence-corrected chi connectivity index (χ4v) is 5.15. The zero-order valence-electron chi connectivity index (χ0n) is 15.8. The van der Waals surface area contributed by atoms with Gasteiger partial charge in [0.2, 0.25) is 10.0 Å².